The van der Waals surface area contributed by atoms with E-state index in [1.54, 1.807) is 0 Å². The van der Waals surface area contributed by atoms with E-state index < -0.39 is 14.9 Å². The zero-order valence-electron chi connectivity index (χ0n) is 10.9. The van der Waals surface area contributed by atoms with Crippen LogP contribution in [0.5, 0.6) is 0 Å². The van der Waals surface area contributed by atoms with Crippen LogP contribution in [0, 0.1) is 10.1 Å². The molecule has 0 spiro atoms. The summed E-state index contributed by atoms with van der Waals surface area (Å²) in [5, 5.41) is 14.0. The van der Waals surface area contributed by atoms with E-state index in [4.69, 9.17) is 11.6 Å². The van der Waals surface area contributed by atoms with Crippen LogP contribution in [0.3, 0.4) is 0 Å². The van der Waals surface area contributed by atoms with Crippen molar-refractivity contribution in [3.63, 3.8) is 0 Å². The predicted octanol–water partition coefficient (Wildman–Crippen LogP) is 1.68. The number of nitrogens with zero attached hydrogens (tertiary/aromatic N) is 2. The Morgan fingerprint density at radius 1 is 1.45 bits per heavy atom. The summed E-state index contributed by atoms with van der Waals surface area (Å²) < 4.78 is 26.1. The number of rotatable bonds is 3. The molecule has 2 heterocycles. The quantitative estimate of drug-likeness (QED) is 0.668. The van der Waals surface area contributed by atoms with Crippen molar-refractivity contribution in [3.8, 4) is 0 Å². The van der Waals surface area contributed by atoms with Crippen LogP contribution in [-0.2, 0) is 10.0 Å². The van der Waals surface area contributed by atoms with Crippen molar-refractivity contribution in [1.82, 2.24) is 9.62 Å². The Bertz CT molecular complexity index is 620. The second-order valence-electron chi connectivity index (χ2n) is 4.77. The van der Waals surface area contributed by atoms with E-state index in [9.17, 15) is 18.5 Å². The Kier molecular flexibility index (Phi) is 4.35. The van der Waals surface area contributed by atoms with E-state index in [0.717, 1.165) is 17.4 Å². The number of nitro groups is 1. The summed E-state index contributed by atoms with van der Waals surface area (Å²) in [6.45, 7) is 4.44. The maximum Gasteiger partial charge on any atom is 0.300 e. The standard InChI is InChI=1S/C10H14ClN3O4S2/c1-6-4-13(5-7(2)12-6)20(17,18)9-3-8(14(15)16)10(11)19-9/h3,6-7,12H,4-5H2,1-2H3. The van der Waals surface area contributed by atoms with Gasteiger partial charge in [-0.1, -0.05) is 11.6 Å². The first-order chi connectivity index (χ1) is 9.21. The molecule has 10 heteroatoms. The van der Waals surface area contributed by atoms with Gasteiger partial charge in [0.2, 0.25) is 0 Å². The van der Waals surface area contributed by atoms with Gasteiger partial charge < -0.3 is 5.32 Å². The van der Waals surface area contributed by atoms with Gasteiger partial charge in [0.1, 0.15) is 4.21 Å². The molecule has 1 aromatic rings. The number of nitrogens with one attached hydrogen (secondary N) is 1. The van der Waals surface area contributed by atoms with Crippen molar-refractivity contribution in [3.05, 3.63) is 20.5 Å². The van der Waals surface area contributed by atoms with E-state index in [0.29, 0.717) is 13.1 Å². The molecule has 0 amide bonds. The van der Waals surface area contributed by atoms with Gasteiger partial charge in [-0.15, -0.1) is 11.3 Å². The third-order valence-corrected chi connectivity index (χ3v) is 6.58. The lowest BCUT2D eigenvalue weighted by atomic mass is 10.2. The first kappa shape index (κ1) is 15.6. The van der Waals surface area contributed by atoms with Crippen LogP contribution in [0.1, 0.15) is 13.8 Å². The van der Waals surface area contributed by atoms with Gasteiger partial charge in [-0.3, -0.25) is 10.1 Å². The molecule has 2 atom stereocenters. The lowest BCUT2D eigenvalue weighted by molar-refractivity contribution is -0.384. The van der Waals surface area contributed by atoms with Gasteiger partial charge in [-0.25, -0.2) is 8.42 Å². The van der Waals surface area contributed by atoms with Crippen LogP contribution in [0.25, 0.3) is 0 Å². The largest absolute Gasteiger partial charge is 0.309 e. The summed E-state index contributed by atoms with van der Waals surface area (Å²) in [7, 11) is -3.74. The van der Waals surface area contributed by atoms with E-state index >= 15 is 0 Å². The van der Waals surface area contributed by atoms with Gasteiger partial charge in [0, 0.05) is 31.2 Å². The number of hydrogen-bond donors (Lipinski definition) is 1. The summed E-state index contributed by atoms with van der Waals surface area (Å²) >= 11 is 6.44. The molecular formula is C10H14ClN3O4S2. The maximum absolute atomic E-state index is 12.5. The topological polar surface area (TPSA) is 92.5 Å². The van der Waals surface area contributed by atoms with Crippen LogP contribution in [0.15, 0.2) is 10.3 Å². The molecule has 1 fully saturated rings. The number of piperazine rings is 1. The molecule has 1 aliphatic rings. The van der Waals surface area contributed by atoms with Crippen LogP contribution in [0.2, 0.25) is 4.34 Å². The maximum atomic E-state index is 12.5. The van der Waals surface area contributed by atoms with Crippen LogP contribution in [0.4, 0.5) is 5.69 Å². The third-order valence-electron chi connectivity index (χ3n) is 2.96. The minimum Gasteiger partial charge on any atom is -0.309 e. The van der Waals surface area contributed by atoms with Gasteiger partial charge >= 0.3 is 0 Å². The third kappa shape index (κ3) is 2.96. The average molecular weight is 340 g/mol. The van der Waals surface area contributed by atoms with Crippen molar-refractivity contribution in [2.45, 2.75) is 30.1 Å². The molecule has 2 rings (SSSR count). The molecule has 1 aromatic heterocycles. The molecule has 1 N–H and O–H groups in total. The fourth-order valence-corrected chi connectivity index (χ4v) is 5.63. The first-order valence-electron chi connectivity index (χ1n) is 5.91. The normalized spacial score (nSPS) is 24.8. The highest BCUT2D eigenvalue weighted by atomic mass is 35.5. The highest BCUT2D eigenvalue weighted by Gasteiger charge is 2.34. The highest BCUT2D eigenvalue weighted by Crippen LogP contribution is 2.37. The molecule has 1 aliphatic heterocycles. The molecule has 20 heavy (non-hydrogen) atoms. The molecule has 0 bridgehead atoms. The van der Waals surface area contributed by atoms with Crippen LogP contribution < -0.4 is 5.32 Å². The molecule has 0 saturated carbocycles. The molecule has 0 aromatic carbocycles. The molecular weight excluding hydrogens is 326 g/mol. The van der Waals surface area contributed by atoms with Crippen LogP contribution in [-0.4, -0.2) is 42.8 Å². The lowest BCUT2D eigenvalue weighted by Gasteiger charge is -2.34. The summed E-state index contributed by atoms with van der Waals surface area (Å²) in [5.74, 6) is 0. The van der Waals surface area contributed by atoms with Crippen LogP contribution >= 0.6 is 22.9 Å². The Balaban J connectivity index is 2.35. The van der Waals surface area contributed by atoms with Crippen molar-refractivity contribution >= 4 is 38.6 Å². The van der Waals surface area contributed by atoms with Crippen molar-refractivity contribution in [2.24, 2.45) is 0 Å². The molecule has 0 aliphatic carbocycles. The van der Waals surface area contributed by atoms with Crippen molar-refractivity contribution in [1.29, 1.82) is 0 Å². The summed E-state index contributed by atoms with van der Waals surface area (Å²) in [4.78, 5) is 10.1. The van der Waals surface area contributed by atoms with Crippen molar-refractivity contribution in [2.75, 3.05) is 13.1 Å². The predicted molar refractivity (Wildman–Crippen MR) is 76.8 cm³/mol. The minimum absolute atomic E-state index is 0.0268. The zero-order chi connectivity index (χ0) is 15.1. The SMILES string of the molecule is CC1CN(S(=O)(=O)c2cc([N+](=O)[O-])c(Cl)s2)CC(C)N1. The van der Waals surface area contributed by atoms with Crippen molar-refractivity contribution < 1.29 is 13.3 Å². The Hall–Kier alpha value is -0.740. The van der Waals surface area contributed by atoms with E-state index in [-0.39, 0.29) is 26.3 Å². The van der Waals surface area contributed by atoms with Gasteiger partial charge in [0.05, 0.1) is 4.92 Å². The summed E-state index contributed by atoms with van der Waals surface area (Å²) in [6, 6.07) is 1.08. The number of halogens is 1. The number of hydrogen-bond acceptors (Lipinski definition) is 6. The molecule has 2 unspecified atom stereocenters. The van der Waals surface area contributed by atoms with E-state index in [2.05, 4.69) is 5.32 Å². The van der Waals surface area contributed by atoms with Gasteiger partial charge in [0.25, 0.3) is 15.7 Å². The Morgan fingerprint density at radius 3 is 2.45 bits per heavy atom. The Labute approximate surface area is 125 Å². The number of sulfonamides is 1. The fourth-order valence-electron chi connectivity index (χ4n) is 2.19. The van der Waals surface area contributed by atoms with E-state index in [1.165, 1.54) is 4.31 Å². The minimum atomic E-state index is -3.74. The molecule has 7 nitrogen and oxygen atoms in total. The average Bonchev–Trinajstić information content (AvgIpc) is 2.70. The second-order valence-corrected chi connectivity index (χ2v) is 8.59. The first-order valence-corrected chi connectivity index (χ1v) is 8.55. The van der Waals surface area contributed by atoms with Gasteiger partial charge in [-0.05, 0) is 13.8 Å². The fraction of sp³-hybridized carbons (Fsp3) is 0.600. The summed E-state index contributed by atoms with van der Waals surface area (Å²) in [5.41, 5.74) is -0.369. The zero-order valence-corrected chi connectivity index (χ0v) is 13.3. The lowest BCUT2D eigenvalue weighted by Crippen LogP contribution is -2.55. The molecule has 1 saturated heterocycles. The van der Waals surface area contributed by atoms with Gasteiger partial charge in [-0.2, -0.15) is 4.31 Å². The van der Waals surface area contributed by atoms with E-state index in [1.807, 2.05) is 13.8 Å². The molecule has 112 valence electrons. The molecule has 0 radical (unpaired) electrons. The highest BCUT2D eigenvalue weighted by molar-refractivity contribution is 7.91. The summed E-state index contributed by atoms with van der Waals surface area (Å²) in [6.07, 6.45) is 0. The van der Waals surface area contributed by atoms with Gasteiger partial charge in [0.15, 0.2) is 4.34 Å². The number of thiophene rings is 1. The second kappa shape index (κ2) is 5.57. The monoisotopic (exact) mass is 339 g/mol. The Morgan fingerprint density at radius 2 is 2.00 bits per heavy atom. The smallest absolute Gasteiger partial charge is 0.300 e.